The zero-order valence-electron chi connectivity index (χ0n) is 9.07. The Balaban J connectivity index is 2.62. The molecule has 0 spiro atoms. The number of nitrogens with two attached hydrogens (primary N) is 1. The predicted molar refractivity (Wildman–Crippen MR) is 64.3 cm³/mol. The van der Waals surface area contributed by atoms with E-state index < -0.39 is 0 Å². The van der Waals surface area contributed by atoms with E-state index in [0.717, 1.165) is 11.4 Å². The first kappa shape index (κ1) is 10.8. The number of methoxy groups -OCH3 is 1. The second-order valence-corrected chi connectivity index (χ2v) is 3.85. The van der Waals surface area contributed by atoms with Crippen LogP contribution in [0.5, 0.6) is 5.75 Å². The molecule has 16 heavy (non-hydrogen) atoms. The van der Waals surface area contributed by atoms with E-state index in [4.69, 9.17) is 22.1 Å². The monoisotopic (exact) mass is 237 g/mol. The molecular weight excluding hydrogens is 226 g/mol. The third kappa shape index (κ3) is 1.72. The Morgan fingerprint density at radius 3 is 2.75 bits per heavy atom. The number of halogens is 1. The van der Waals surface area contributed by atoms with Crippen LogP contribution in [-0.4, -0.2) is 16.9 Å². The summed E-state index contributed by atoms with van der Waals surface area (Å²) in [6, 6.07) is 5.36. The summed E-state index contributed by atoms with van der Waals surface area (Å²) < 4.78 is 6.97. The van der Waals surface area contributed by atoms with Gasteiger partial charge in [0.05, 0.1) is 24.7 Å². The van der Waals surface area contributed by atoms with Gasteiger partial charge in [-0.3, -0.25) is 0 Å². The quantitative estimate of drug-likeness (QED) is 0.873. The van der Waals surface area contributed by atoms with Gasteiger partial charge in [-0.25, -0.2) is 4.68 Å². The van der Waals surface area contributed by atoms with Gasteiger partial charge in [-0.05, 0) is 25.1 Å². The second kappa shape index (κ2) is 4.06. The van der Waals surface area contributed by atoms with Crippen molar-refractivity contribution in [3.05, 3.63) is 35.1 Å². The summed E-state index contributed by atoms with van der Waals surface area (Å²) in [4.78, 5) is 0. The van der Waals surface area contributed by atoms with Crippen LogP contribution in [-0.2, 0) is 0 Å². The third-order valence-corrected chi connectivity index (χ3v) is 2.65. The SMILES string of the molecule is COc1ccc(Cl)cc1-n1ncc(N)c1C. The summed E-state index contributed by atoms with van der Waals surface area (Å²) in [5.74, 6) is 0.704. The van der Waals surface area contributed by atoms with Crippen LogP contribution in [0.2, 0.25) is 5.02 Å². The highest BCUT2D eigenvalue weighted by atomic mass is 35.5. The van der Waals surface area contributed by atoms with Crippen molar-refractivity contribution >= 4 is 17.3 Å². The maximum atomic E-state index is 5.95. The zero-order valence-corrected chi connectivity index (χ0v) is 9.82. The highest BCUT2D eigenvalue weighted by molar-refractivity contribution is 6.30. The van der Waals surface area contributed by atoms with Crippen molar-refractivity contribution in [3.8, 4) is 11.4 Å². The average Bonchev–Trinajstić information content (AvgIpc) is 2.60. The van der Waals surface area contributed by atoms with Crippen molar-refractivity contribution in [2.45, 2.75) is 6.92 Å². The van der Waals surface area contributed by atoms with Gasteiger partial charge in [0.2, 0.25) is 0 Å². The summed E-state index contributed by atoms with van der Waals surface area (Å²) in [6.45, 7) is 1.89. The molecule has 1 aromatic heterocycles. The summed E-state index contributed by atoms with van der Waals surface area (Å²) >= 11 is 5.95. The molecule has 1 heterocycles. The molecular formula is C11H12ClN3O. The zero-order chi connectivity index (χ0) is 11.7. The van der Waals surface area contributed by atoms with Crippen LogP contribution in [0, 0.1) is 6.92 Å². The van der Waals surface area contributed by atoms with Crippen LogP contribution in [0.1, 0.15) is 5.69 Å². The molecule has 0 aliphatic rings. The lowest BCUT2D eigenvalue weighted by atomic mass is 10.3. The van der Waals surface area contributed by atoms with Gasteiger partial charge in [0.15, 0.2) is 0 Å². The normalized spacial score (nSPS) is 10.4. The first-order valence-electron chi connectivity index (χ1n) is 4.77. The van der Waals surface area contributed by atoms with Crippen molar-refractivity contribution in [2.75, 3.05) is 12.8 Å². The molecule has 2 aromatic rings. The summed E-state index contributed by atoms with van der Waals surface area (Å²) in [6.07, 6.45) is 1.61. The summed E-state index contributed by atoms with van der Waals surface area (Å²) in [7, 11) is 1.61. The minimum absolute atomic E-state index is 0.629. The molecule has 2 rings (SSSR count). The Bertz CT molecular complexity index is 522. The molecule has 0 aliphatic carbocycles. The van der Waals surface area contributed by atoms with E-state index in [1.165, 1.54) is 0 Å². The largest absolute Gasteiger partial charge is 0.494 e. The number of nitrogens with zero attached hydrogens (tertiary/aromatic N) is 2. The number of ether oxygens (including phenoxy) is 1. The highest BCUT2D eigenvalue weighted by Crippen LogP contribution is 2.27. The maximum Gasteiger partial charge on any atom is 0.144 e. The molecule has 0 radical (unpaired) electrons. The van der Waals surface area contributed by atoms with Crippen LogP contribution in [0.3, 0.4) is 0 Å². The number of anilines is 1. The van der Waals surface area contributed by atoms with Gasteiger partial charge in [-0.2, -0.15) is 5.10 Å². The smallest absolute Gasteiger partial charge is 0.144 e. The van der Waals surface area contributed by atoms with Crippen LogP contribution in [0.4, 0.5) is 5.69 Å². The van der Waals surface area contributed by atoms with Crippen LogP contribution < -0.4 is 10.5 Å². The van der Waals surface area contributed by atoms with Gasteiger partial charge in [0.1, 0.15) is 11.4 Å². The topological polar surface area (TPSA) is 53.1 Å². The van der Waals surface area contributed by atoms with Gasteiger partial charge in [-0.15, -0.1) is 0 Å². The Hall–Kier alpha value is -1.68. The number of hydrogen-bond acceptors (Lipinski definition) is 3. The highest BCUT2D eigenvalue weighted by Gasteiger charge is 2.10. The lowest BCUT2D eigenvalue weighted by Crippen LogP contribution is -2.02. The minimum Gasteiger partial charge on any atom is -0.494 e. The molecule has 0 saturated carbocycles. The summed E-state index contributed by atoms with van der Waals surface area (Å²) in [5, 5.41) is 4.82. The summed E-state index contributed by atoms with van der Waals surface area (Å²) in [5.41, 5.74) is 8.03. The van der Waals surface area contributed by atoms with Crippen molar-refractivity contribution in [1.29, 1.82) is 0 Å². The minimum atomic E-state index is 0.629. The van der Waals surface area contributed by atoms with Gasteiger partial charge < -0.3 is 10.5 Å². The van der Waals surface area contributed by atoms with E-state index in [2.05, 4.69) is 5.10 Å². The van der Waals surface area contributed by atoms with Crippen molar-refractivity contribution in [2.24, 2.45) is 0 Å². The standard InChI is InChI=1S/C11H12ClN3O/c1-7-9(13)6-14-15(7)10-5-8(12)3-4-11(10)16-2/h3-6H,13H2,1-2H3. The molecule has 84 valence electrons. The fourth-order valence-corrected chi connectivity index (χ4v) is 1.66. The van der Waals surface area contributed by atoms with E-state index in [9.17, 15) is 0 Å². The molecule has 0 bridgehead atoms. The van der Waals surface area contributed by atoms with Crippen LogP contribution in [0.15, 0.2) is 24.4 Å². The van der Waals surface area contributed by atoms with Gasteiger partial charge >= 0.3 is 0 Å². The fraction of sp³-hybridized carbons (Fsp3) is 0.182. The first-order chi connectivity index (χ1) is 7.63. The number of benzene rings is 1. The van der Waals surface area contributed by atoms with E-state index >= 15 is 0 Å². The van der Waals surface area contributed by atoms with E-state index in [-0.39, 0.29) is 0 Å². The molecule has 0 atom stereocenters. The van der Waals surface area contributed by atoms with Gasteiger partial charge in [-0.1, -0.05) is 11.6 Å². The maximum absolute atomic E-state index is 5.95. The lowest BCUT2D eigenvalue weighted by molar-refractivity contribution is 0.411. The van der Waals surface area contributed by atoms with E-state index in [0.29, 0.717) is 16.5 Å². The lowest BCUT2D eigenvalue weighted by Gasteiger charge is -2.10. The van der Waals surface area contributed by atoms with E-state index in [1.54, 1.807) is 36.2 Å². The number of rotatable bonds is 2. The van der Waals surface area contributed by atoms with Gasteiger partial charge in [0.25, 0.3) is 0 Å². The molecule has 4 nitrogen and oxygen atoms in total. The molecule has 0 saturated heterocycles. The third-order valence-electron chi connectivity index (χ3n) is 2.42. The molecule has 5 heteroatoms. The van der Waals surface area contributed by atoms with Gasteiger partial charge in [0, 0.05) is 5.02 Å². The van der Waals surface area contributed by atoms with Crippen LogP contribution >= 0.6 is 11.6 Å². The molecule has 0 amide bonds. The fourth-order valence-electron chi connectivity index (χ4n) is 1.49. The Morgan fingerprint density at radius 2 is 2.19 bits per heavy atom. The Kier molecular flexibility index (Phi) is 2.75. The van der Waals surface area contributed by atoms with Crippen LogP contribution in [0.25, 0.3) is 5.69 Å². The van der Waals surface area contributed by atoms with Crippen molar-refractivity contribution < 1.29 is 4.74 Å². The number of hydrogen-bond donors (Lipinski definition) is 1. The average molecular weight is 238 g/mol. The second-order valence-electron chi connectivity index (χ2n) is 3.41. The Morgan fingerprint density at radius 1 is 1.44 bits per heavy atom. The van der Waals surface area contributed by atoms with Crippen molar-refractivity contribution in [3.63, 3.8) is 0 Å². The molecule has 2 N–H and O–H groups in total. The molecule has 1 aromatic carbocycles. The first-order valence-corrected chi connectivity index (χ1v) is 5.15. The number of nitrogen functional groups attached to an aromatic ring is 1. The van der Waals surface area contributed by atoms with E-state index in [1.807, 2.05) is 6.92 Å². The molecule has 0 fully saturated rings. The molecule has 0 unspecified atom stereocenters. The Labute approximate surface area is 98.6 Å². The number of aromatic nitrogens is 2. The predicted octanol–water partition coefficient (Wildman–Crippen LogP) is 2.42. The van der Waals surface area contributed by atoms with Crippen molar-refractivity contribution in [1.82, 2.24) is 9.78 Å². The molecule has 0 aliphatic heterocycles.